The van der Waals surface area contributed by atoms with E-state index in [9.17, 15) is 19.4 Å². The number of hydrogen-bond donors (Lipinski definition) is 3. The van der Waals surface area contributed by atoms with Gasteiger partial charge in [-0.1, -0.05) is 0 Å². The third-order valence-corrected chi connectivity index (χ3v) is 2.67. The van der Waals surface area contributed by atoms with Crippen LogP contribution in [0.3, 0.4) is 0 Å². The number of carbonyl (C=O) groups is 1. The Kier molecular flexibility index (Phi) is 5.85. The van der Waals surface area contributed by atoms with Gasteiger partial charge in [0.1, 0.15) is 23.6 Å². The summed E-state index contributed by atoms with van der Waals surface area (Å²) in [6.45, 7) is 4.74. The summed E-state index contributed by atoms with van der Waals surface area (Å²) >= 11 is 0. The van der Waals surface area contributed by atoms with Crippen molar-refractivity contribution in [2.45, 2.75) is 38.6 Å². The minimum atomic E-state index is -1.51. The van der Waals surface area contributed by atoms with E-state index >= 15 is 0 Å². The van der Waals surface area contributed by atoms with Crippen molar-refractivity contribution in [3.63, 3.8) is 0 Å². The van der Waals surface area contributed by atoms with E-state index in [4.69, 9.17) is 10.00 Å². The summed E-state index contributed by atoms with van der Waals surface area (Å²) in [5.41, 5.74) is -0.685. The van der Waals surface area contributed by atoms with Crippen LogP contribution in [0.2, 0.25) is 0 Å². The lowest BCUT2D eigenvalue weighted by molar-refractivity contribution is 0.0127. The highest BCUT2D eigenvalue weighted by molar-refractivity contribution is 5.67. The minimum Gasteiger partial charge on any atom is -0.444 e. The minimum absolute atomic E-state index is 0.0408. The van der Waals surface area contributed by atoms with Crippen molar-refractivity contribution in [1.82, 2.24) is 5.32 Å². The molecule has 1 aromatic carbocycles. The van der Waals surface area contributed by atoms with Gasteiger partial charge in [0.05, 0.1) is 11.6 Å². The number of nitriles is 1. The SMILES string of the molecule is CC(C)(C)OC(=O)NCC(O)C(O)c1cc(F)ccc1C#N. The Hall–Kier alpha value is -2.17. The second-order valence-electron chi connectivity index (χ2n) is 5.74. The zero-order valence-corrected chi connectivity index (χ0v) is 12.6. The molecular formula is C15H19FN2O4. The highest BCUT2D eigenvalue weighted by atomic mass is 19.1. The van der Waals surface area contributed by atoms with E-state index in [1.54, 1.807) is 26.8 Å². The predicted molar refractivity (Wildman–Crippen MR) is 76.3 cm³/mol. The van der Waals surface area contributed by atoms with Gasteiger partial charge in [-0.25, -0.2) is 9.18 Å². The number of amides is 1. The molecule has 0 aliphatic carbocycles. The van der Waals surface area contributed by atoms with E-state index in [1.807, 2.05) is 0 Å². The number of nitrogens with zero attached hydrogens (tertiary/aromatic N) is 1. The summed E-state index contributed by atoms with van der Waals surface area (Å²) in [6.07, 6.45) is -3.68. The molecule has 0 bridgehead atoms. The van der Waals surface area contributed by atoms with E-state index < -0.39 is 29.7 Å². The fourth-order valence-corrected chi connectivity index (χ4v) is 1.70. The molecule has 1 aromatic rings. The molecule has 0 spiro atoms. The highest BCUT2D eigenvalue weighted by Crippen LogP contribution is 2.22. The molecular weight excluding hydrogens is 291 g/mol. The Bertz CT molecular complexity index is 578. The number of benzene rings is 1. The largest absolute Gasteiger partial charge is 0.444 e. The topological polar surface area (TPSA) is 103 Å². The zero-order valence-electron chi connectivity index (χ0n) is 12.6. The first-order valence-electron chi connectivity index (χ1n) is 6.66. The summed E-state index contributed by atoms with van der Waals surface area (Å²) in [7, 11) is 0. The van der Waals surface area contributed by atoms with E-state index in [1.165, 1.54) is 6.07 Å². The zero-order chi connectivity index (χ0) is 16.9. The van der Waals surface area contributed by atoms with Crippen LogP contribution in [0.1, 0.15) is 38.0 Å². The van der Waals surface area contributed by atoms with Crippen molar-refractivity contribution in [3.05, 3.63) is 35.1 Å². The first kappa shape index (κ1) is 17.9. The molecule has 0 aliphatic heterocycles. The fraction of sp³-hybridized carbons (Fsp3) is 0.467. The van der Waals surface area contributed by atoms with E-state index in [-0.39, 0.29) is 17.7 Å². The van der Waals surface area contributed by atoms with Crippen molar-refractivity contribution < 1.29 is 24.1 Å². The lowest BCUT2D eigenvalue weighted by atomic mass is 9.99. The van der Waals surface area contributed by atoms with Gasteiger partial charge in [0.2, 0.25) is 0 Å². The molecule has 22 heavy (non-hydrogen) atoms. The van der Waals surface area contributed by atoms with Gasteiger partial charge in [-0.2, -0.15) is 5.26 Å². The van der Waals surface area contributed by atoms with Gasteiger partial charge in [0.25, 0.3) is 0 Å². The third kappa shape index (κ3) is 5.31. The fourth-order valence-electron chi connectivity index (χ4n) is 1.70. The normalized spacial score (nSPS) is 13.9. The molecule has 6 nitrogen and oxygen atoms in total. The Morgan fingerprint density at radius 3 is 2.64 bits per heavy atom. The first-order valence-corrected chi connectivity index (χ1v) is 6.66. The summed E-state index contributed by atoms with van der Waals surface area (Å²) in [5, 5.41) is 31.1. The average Bonchev–Trinajstić information content (AvgIpc) is 2.42. The van der Waals surface area contributed by atoms with Gasteiger partial charge >= 0.3 is 6.09 Å². The van der Waals surface area contributed by atoms with E-state index in [0.29, 0.717) is 0 Å². The molecule has 1 amide bonds. The number of hydrogen-bond acceptors (Lipinski definition) is 5. The number of aliphatic hydroxyl groups is 2. The average molecular weight is 310 g/mol. The maximum absolute atomic E-state index is 13.2. The second kappa shape index (κ2) is 7.20. The van der Waals surface area contributed by atoms with Gasteiger partial charge in [-0.15, -0.1) is 0 Å². The first-order chi connectivity index (χ1) is 10.1. The van der Waals surface area contributed by atoms with E-state index in [0.717, 1.165) is 12.1 Å². The lowest BCUT2D eigenvalue weighted by Gasteiger charge is -2.22. The quantitative estimate of drug-likeness (QED) is 0.784. The second-order valence-corrected chi connectivity index (χ2v) is 5.74. The summed E-state index contributed by atoms with van der Waals surface area (Å²) < 4.78 is 18.2. The van der Waals surface area contributed by atoms with Crippen molar-refractivity contribution in [1.29, 1.82) is 5.26 Å². The van der Waals surface area contributed by atoms with Crippen molar-refractivity contribution >= 4 is 6.09 Å². The number of nitrogens with one attached hydrogen (secondary N) is 1. The molecule has 2 unspecified atom stereocenters. The Morgan fingerprint density at radius 1 is 1.45 bits per heavy atom. The summed E-state index contributed by atoms with van der Waals surface area (Å²) in [4.78, 5) is 11.5. The molecule has 3 N–H and O–H groups in total. The molecule has 2 atom stereocenters. The monoisotopic (exact) mass is 310 g/mol. The van der Waals surface area contributed by atoms with Crippen molar-refractivity contribution in [2.75, 3.05) is 6.54 Å². The van der Waals surface area contributed by atoms with Crippen LogP contribution in [-0.4, -0.2) is 34.6 Å². The number of halogens is 1. The molecule has 0 radical (unpaired) electrons. The Morgan fingerprint density at radius 2 is 2.09 bits per heavy atom. The number of alkyl carbamates (subject to hydrolysis) is 1. The molecule has 0 aromatic heterocycles. The third-order valence-electron chi connectivity index (χ3n) is 2.67. The summed E-state index contributed by atoms with van der Waals surface area (Å²) in [6, 6.07) is 5.07. The smallest absolute Gasteiger partial charge is 0.407 e. The van der Waals surface area contributed by atoms with Crippen LogP contribution in [0, 0.1) is 17.1 Å². The van der Waals surface area contributed by atoms with Gasteiger partial charge in [0, 0.05) is 12.1 Å². The van der Waals surface area contributed by atoms with Crippen LogP contribution in [-0.2, 0) is 4.74 Å². The molecule has 0 saturated heterocycles. The molecule has 0 heterocycles. The Balaban J connectivity index is 2.70. The highest BCUT2D eigenvalue weighted by Gasteiger charge is 2.23. The van der Waals surface area contributed by atoms with Crippen molar-refractivity contribution in [3.8, 4) is 6.07 Å². The van der Waals surface area contributed by atoms with Crippen LogP contribution in [0.25, 0.3) is 0 Å². The number of ether oxygens (including phenoxy) is 1. The predicted octanol–water partition coefficient (Wildman–Crippen LogP) is 1.62. The molecule has 1 rings (SSSR count). The number of carbonyl (C=O) groups excluding carboxylic acids is 1. The van der Waals surface area contributed by atoms with Gasteiger partial charge in [0.15, 0.2) is 0 Å². The van der Waals surface area contributed by atoms with Crippen LogP contribution in [0.4, 0.5) is 9.18 Å². The van der Waals surface area contributed by atoms with Crippen molar-refractivity contribution in [2.24, 2.45) is 0 Å². The Labute approximate surface area is 128 Å². The van der Waals surface area contributed by atoms with Crippen LogP contribution < -0.4 is 5.32 Å². The maximum Gasteiger partial charge on any atom is 0.407 e. The van der Waals surface area contributed by atoms with Crippen LogP contribution in [0.5, 0.6) is 0 Å². The molecule has 0 fully saturated rings. The molecule has 0 aliphatic rings. The van der Waals surface area contributed by atoms with Gasteiger partial charge < -0.3 is 20.3 Å². The number of rotatable bonds is 4. The van der Waals surface area contributed by atoms with Crippen LogP contribution in [0.15, 0.2) is 18.2 Å². The van der Waals surface area contributed by atoms with Gasteiger partial charge in [-0.05, 0) is 39.0 Å². The standard InChI is InChI=1S/C15H19FN2O4/c1-15(2,3)22-14(21)18-8-12(19)13(20)11-6-10(16)5-4-9(11)7-17/h4-6,12-13,19-20H,8H2,1-3H3,(H,18,21). The summed E-state index contributed by atoms with van der Waals surface area (Å²) in [5.74, 6) is -0.639. The maximum atomic E-state index is 13.2. The van der Waals surface area contributed by atoms with Gasteiger partial charge in [-0.3, -0.25) is 0 Å². The lowest BCUT2D eigenvalue weighted by Crippen LogP contribution is -2.39. The van der Waals surface area contributed by atoms with Crippen LogP contribution >= 0.6 is 0 Å². The molecule has 0 saturated carbocycles. The molecule has 7 heteroatoms. The number of aliphatic hydroxyl groups excluding tert-OH is 2. The molecule has 120 valence electrons. The van der Waals surface area contributed by atoms with E-state index in [2.05, 4.69) is 5.32 Å².